The van der Waals surface area contributed by atoms with Gasteiger partial charge in [-0.3, -0.25) is 0 Å². The molecule has 2 unspecified atom stereocenters. The molecule has 2 rings (SSSR count). The van der Waals surface area contributed by atoms with E-state index in [1.54, 1.807) is 0 Å². The molecule has 0 saturated carbocycles. The summed E-state index contributed by atoms with van der Waals surface area (Å²) in [4.78, 5) is 0. The van der Waals surface area contributed by atoms with Gasteiger partial charge in [0.05, 0.1) is 5.38 Å². The molecular weight excluding hydrogens is 252 g/mol. The molecule has 0 nitrogen and oxygen atoms in total. The maximum atomic E-state index is 6.47. The largest absolute Gasteiger partial charge is 0.118 e. The zero-order valence-electron chi connectivity index (χ0n) is 11.6. The summed E-state index contributed by atoms with van der Waals surface area (Å²) < 4.78 is 0. The van der Waals surface area contributed by atoms with Crippen molar-refractivity contribution in [3.05, 3.63) is 71.3 Å². The molecule has 2 aromatic carbocycles. The quantitative estimate of drug-likeness (QED) is 0.621. The lowest BCUT2D eigenvalue weighted by molar-refractivity contribution is 0.542. The van der Waals surface area contributed by atoms with Gasteiger partial charge in [0, 0.05) is 0 Å². The van der Waals surface area contributed by atoms with Crippen molar-refractivity contribution in [3.63, 3.8) is 0 Å². The predicted molar refractivity (Wildman–Crippen MR) is 83.7 cm³/mol. The van der Waals surface area contributed by atoms with E-state index in [2.05, 4.69) is 68.4 Å². The molecule has 0 aliphatic carbocycles. The molecule has 0 aliphatic heterocycles. The van der Waals surface area contributed by atoms with Crippen molar-refractivity contribution in [2.45, 2.75) is 32.1 Å². The van der Waals surface area contributed by atoms with E-state index in [0.717, 1.165) is 12.8 Å². The van der Waals surface area contributed by atoms with Crippen molar-refractivity contribution in [2.24, 2.45) is 5.92 Å². The maximum Gasteiger partial charge on any atom is 0.0610 e. The third kappa shape index (κ3) is 3.84. The number of benzene rings is 2. The minimum atomic E-state index is 0.121. The first kappa shape index (κ1) is 14.1. The standard InChI is InChI=1S/C18H21Cl/c1-3-14(2)18(19)17-11-9-16(10-12-17)13-15-7-5-4-6-8-15/h4-12,14,18H,3,13H2,1-2H3. The highest BCUT2D eigenvalue weighted by molar-refractivity contribution is 6.20. The molecule has 0 aliphatic rings. The average molecular weight is 273 g/mol. The molecule has 0 heterocycles. The van der Waals surface area contributed by atoms with Gasteiger partial charge in [0.2, 0.25) is 0 Å². The fourth-order valence-corrected chi connectivity index (χ4v) is 2.51. The van der Waals surface area contributed by atoms with Crippen LogP contribution in [0.1, 0.15) is 42.3 Å². The second-order valence-electron chi connectivity index (χ2n) is 5.19. The van der Waals surface area contributed by atoms with Crippen LogP contribution in [-0.4, -0.2) is 0 Å². The summed E-state index contributed by atoms with van der Waals surface area (Å²) >= 11 is 6.47. The van der Waals surface area contributed by atoms with Crippen LogP contribution in [0.3, 0.4) is 0 Å². The van der Waals surface area contributed by atoms with Crippen LogP contribution in [0.15, 0.2) is 54.6 Å². The highest BCUT2D eigenvalue weighted by Gasteiger charge is 2.14. The minimum Gasteiger partial charge on any atom is -0.118 e. The van der Waals surface area contributed by atoms with Crippen LogP contribution in [0.5, 0.6) is 0 Å². The second-order valence-corrected chi connectivity index (χ2v) is 5.66. The molecular formula is C18H21Cl. The van der Waals surface area contributed by atoms with E-state index in [1.807, 2.05) is 0 Å². The lowest BCUT2D eigenvalue weighted by Gasteiger charge is -2.16. The van der Waals surface area contributed by atoms with Gasteiger partial charge in [-0.05, 0) is 29.0 Å². The number of hydrogen-bond donors (Lipinski definition) is 0. The fourth-order valence-electron chi connectivity index (χ4n) is 2.19. The molecule has 0 aromatic heterocycles. The molecule has 0 saturated heterocycles. The monoisotopic (exact) mass is 272 g/mol. The summed E-state index contributed by atoms with van der Waals surface area (Å²) in [5.41, 5.74) is 3.91. The van der Waals surface area contributed by atoms with Crippen LogP contribution in [0.2, 0.25) is 0 Å². The van der Waals surface area contributed by atoms with Gasteiger partial charge in [0.25, 0.3) is 0 Å². The van der Waals surface area contributed by atoms with Crippen LogP contribution >= 0.6 is 11.6 Å². The van der Waals surface area contributed by atoms with E-state index in [-0.39, 0.29) is 5.38 Å². The van der Waals surface area contributed by atoms with Crippen LogP contribution in [0.25, 0.3) is 0 Å². The van der Waals surface area contributed by atoms with Crippen molar-refractivity contribution < 1.29 is 0 Å². The SMILES string of the molecule is CCC(C)C(Cl)c1ccc(Cc2ccccc2)cc1. The summed E-state index contributed by atoms with van der Waals surface area (Å²) in [5, 5.41) is 0.121. The minimum absolute atomic E-state index is 0.121. The fraction of sp³-hybridized carbons (Fsp3) is 0.333. The van der Waals surface area contributed by atoms with Gasteiger partial charge in [-0.25, -0.2) is 0 Å². The highest BCUT2D eigenvalue weighted by Crippen LogP contribution is 2.30. The molecule has 0 spiro atoms. The van der Waals surface area contributed by atoms with Crippen LogP contribution in [0, 0.1) is 5.92 Å². The summed E-state index contributed by atoms with van der Waals surface area (Å²) in [5.74, 6) is 0.515. The first-order chi connectivity index (χ1) is 9.20. The van der Waals surface area contributed by atoms with Crippen molar-refractivity contribution in [1.82, 2.24) is 0 Å². The Labute approximate surface area is 121 Å². The smallest absolute Gasteiger partial charge is 0.0610 e. The predicted octanol–water partition coefficient (Wildman–Crippen LogP) is 5.60. The summed E-state index contributed by atoms with van der Waals surface area (Å²) in [6.45, 7) is 4.39. The molecule has 1 heteroatoms. The third-order valence-electron chi connectivity index (χ3n) is 3.69. The molecule has 2 aromatic rings. The van der Waals surface area contributed by atoms with Crippen LogP contribution < -0.4 is 0 Å². The number of halogens is 1. The average Bonchev–Trinajstić information content (AvgIpc) is 2.47. The first-order valence-corrected chi connectivity index (χ1v) is 7.41. The van der Waals surface area contributed by atoms with E-state index in [4.69, 9.17) is 11.6 Å². The number of rotatable bonds is 5. The Morgan fingerprint density at radius 3 is 2.05 bits per heavy atom. The van der Waals surface area contributed by atoms with Gasteiger partial charge in [-0.2, -0.15) is 0 Å². The molecule has 19 heavy (non-hydrogen) atoms. The summed E-state index contributed by atoms with van der Waals surface area (Å²) in [6, 6.07) is 19.3. The van der Waals surface area contributed by atoms with Gasteiger partial charge >= 0.3 is 0 Å². The van der Waals surface area contributed by atoms with Crippen molar-refractivity contribution in [1.29, 1.82) is 0 Å². The lowest BCUT2D eigenvalue weighted by atomic mass is 9.96. The molecule has 100 valence electrons. The Kier molecular flexibility index (Phi) is 5.04. The molecule has 0 bridgehead atoms. The molecule has 2 atom stereocenters. The Morgan fingerprint density at radius 2 is 1.47 bits per heavy atom. The van der Waals surface area contributed by atoms with Gasteiger partial charge in [-0.15, -0.1) is 11.6 Å². The number of hydrogen-bond acceptors (Lipinski definition) is 0. The van der Waals surface area contributed by atoms with Gasteiger partial charge in [-0.1, -0.05) is 74.9 Å². The zero-order chi connectivity index (χ0) is 13.7. The van der Waals surface area contributed by atoms with Crippen LogP contribution in [0.4, 0.5) is 0 Å². The van der Waals surface area contributed by atoms with E-state index >= 15 is 0 Å². The molecule has 0 amide bonds. The summed E-state index contributed by atoms with van der Waals surface area (Å²) in [6.07, 6.45) is 2.09. The van der Waals surface area contributed by atoms with Crippen molar-refractivity contribution in [2.75, 3.05) is 0 Å². The molecule has 0 radical (unpaired) electrons. The third-order valence-corrected chi connectivity index (χ3v) is 4.37. The van der Waals surface area contributed by atoms with Crippen LogP contribution in [-0.2, 0) is 6.42 Å². The van der Waals surface area contributed by atoms with E-state index in [9.17, 15) is 0 Å². The van der Waals surface area contributed by atoms with E-state index in [0.29, 0.717) is 5.92 Å². The van der Waals surface area contributed by atoms with Crippen molar-refractivity contribution >= 4 is 11.6 Å². The maximum absolute atomic E-state index is 6.47. The molecule has 0 N–H and O–H groups in total. The normalized spacial score (nSPS) is 14.1. The topological polar surface area (TPSA) is 0 Å². The Hall–Kier alpha value is -1.27. The van der Waals surface area contributed by atoms with Crippen molar-refractivity contribution in [3.8, 4) is 0 Å². The second kappa shape index (κ2) is 6.77. The van der Waals surface area contributed by atoms with Gasteiger partial charge < -0.3 is 0 Å². The van der Waals surface area contributed by atoms with E-state index < -0.39 is 0 Å². The Morgan fingerprint density at radius 1 is 0.895 bits per heavy atom. The van der Waals surface area contributed by atoms with Gasteiger partial charge in [0.1, 0.15) is 0 Å². The highest BCUT2D eigenvalue weighted by atomic mass is 35.5. The first-order valence-electron chi connectivity index (χ1n) is 6.97. The Bertz CT molecular complexity index is 487. The summed E-state index contributed by atoms with van der Waals surface area (Å²) in [7, 11) is 0. The number of alkyl halides is 1. The Balaban J connectivity index is 2.06. The zero-order valence-corrected chi connectivity index (χ0v) is 12.4. The van der Waals surface area contributed by atoms with Gasteiger partial charge in [0.15, 0.2) is 0 Å². The molecule has 0 fully saturated rings. The van der Waals surface area contributed by atoms with E-state index in [1.165, 1.54) is 16.7 Å². The lowest BCUT2D eigenvalue weighted by Crippen LogP contribution is -2.02.